The lowest BCUT2D eigenvalue weighted by molar-refractivity contribution is -0.151. The Morgan fingerprint density at radius 3 is 2.50 bits per heavy atom. The standard InChI is InChI=1S/C13H12O6S/c1-3-19-13(16)11(15)12-7(2)10-8(14)5-4-6-9(10)20(12,17)18/h4-6,14H,3H2,1-2H3. The quantitative estimate of drug-likeness (QED) is 0.661. The minimum atomic E-state index is -4.11. The van der Waals surface area contributed by atoms with Gasteiger partial charge in [-0.15, -0.1) is 0 Å². The van der Waals surface area contributed by atoms with Crippen molar-refractivity contribution in [3.8, 4) is 5.75 Å². The number of aromatic hydroxyl groups is 1. The number of benzene rings is 1. The molecule has 0 aromatic heterocycles. The van der Waals surface area contributed by atoms with Gasteiger partial charge in [0.1, 0.15) is 10.7 Å². The Balaban J connectivity index is 2.65. The van der Waals surface area contributed by atoms with Crippen LogP contribution < -0.4 is 0 Å². The fourth-order valence-corrected chi connectivity index (χ4v) is 3.96. The number of fused-ring (bicyclic) bond motifs is 1. The largest absolute Gasteiger partial charge is 0.507 e. The maximum Gasteiger partial charge on any atom is 0.380 e. The Morgan fingerprint density at radius 2 is 1.95 bits per heavy atom. The van der Waals surface area contributed by atoms with Crippen LogP contribution in [0.25, 0.3) is 5.57 Å². The minimum Gasteiger partial charge on any atom is -0.507 e. The van der Waals surface area contributed by atoms with Crippen molar-refractivity contribution in [3.63, 3.8) is 0 Å². The fraction of sp³-hybridized carbons (Fsp3) is 0.231. The Hall–Kier alpha value is -2.15. The molecular formula is C13H12O6S. The van der Waals surface area contributed by atoms with Crippen LogP contribution in [0.5, 0.6) is 5.75 Å². The molecule has 1 heterocycles. The van der Waals surface area contributed by atoms with Gasteiger partial charge < -0.3 is 9.84 Å². The van der Waals surface area contributed by atoms with E-state index in [1.54, 1.807) is 0 Å². The molecule has 0 fully saturated rings. The van der Waals surface area contributed by atoms with Crippen LogP contribution in [-0.4, -0.2) is 31.9 Å². The van der Waals surface area contributed by atoms with E-state index >= 15 is 0 Å². The van der Waals surface area contributed by atoms with E-state index in [1.807, 2.05) is 0 Å². The second-order valence-electron chi connectivity index (χ2n) is 4.16. The van der Waals surface area contributed by atoms with E-state index in [9.17, 15) is 23.1 Å². The van der Waals surface area contributed by atoms with Gasteiger partial charge in [-0.2, -0.15) is 0 Å². The lowest BCUT2D eigenvalue weighted by Crippen LogP contribution is -2.22. The topological polar surface area (TPSA) is 97.7 Å². The lowest BCUT2D eigenvalue weighted by atomic mass is 10.1. The number of phenols is 1. The van der Waals surface area contributed by atoms with E-state index in [0.717, 1.165) is 0 Å². The van der Waals surface area contributed by atoms with E-state index in [1.165, 1.54) is 32.0 Å². The van der Waals surface area contributed by atoms with Gasteiger partial charge >= 0.3 is 5.97 Å². The predicted molar refractivity (Wildman–Crippen MR) is 69.5 cm³/mol. The van der Waals surface area contributed by atoms with Crippen molar-refractivity contribution in [2.45, 2.75) is 18.7 Å². The first-order valence-electron chi connectivity index (χ1n) is 5.82. The third kappa shape index (κ3) is 1.90. The summed E-state index contributed by atoms with van der Waals surface area (Å²) in [6.45, 7) is 2.85. The van der Waals surface area contributed by atoms with Crippen LogP contribution in [0.2, 0.25) is 0 Å². The van der Waals surface area contributed by atoms with Gasteiger partial charge in [-0.3, -0.25) is 4.79 Å². The summed E-state index contributed by atoms with van der Waals surface area (Å²) in [6.07, 6.45) is 0. The zero-order chi connectivity index (χ0) is 15.1. The van der Waals surface area contributed by atoms with E-state index in [0.29, 0.717) is 0 Å². The third-order valence-electron chi connectivity index (χ3n) is 2.95. The van der Waals surface area contributed by atoms with Crippen LogP contribution in [0.1, 0.15) is 19.4 Å². The number of sulfone groups is 1. The summed E-state index contributed by atoms with van der Waals surface area (Å²) in [5, 5.41) is 9.75. The van der Waals surface area contributed by atoms with Gasteiger partial charge in [0, 0.05) is 5.56 Å². The molecule has 1 N–H and O–H groups in total. The van der Waals surface area contributed by atoms with Gasteiger partial charge in [-0.05, 0) is 31.6 Å². The number of carbonyl (C=O) groups excluding carboxylic acids is 2. The third-order valence-corrected chi connectivity index (χ3v) is 4.89. The highest BCUT2D eigenvalue weighted by Gasteiger charge is 2.42. The van der Waals surface area contributed by atoms with Gasteiger partial charge in [-0.1, -0.05) is 6.07 Å². The second kappa shape index (κ2) is 4.75. The molecule has 106 valence electrons. The van der Waals surface area contributed by atoms with Crippen LogP contribution in [0.15, 0.2) is 28.0 Å². The van der Waals surface area contributed by atoms with E-state index in [4.69, 9.17) is 0 Å². The van der Waals surface area contributed by atoms with Crippen LogP contribution in [0.3, 0.4) is 0 Å². The number of ether oxygens (including phenoxy) is 1. The summed E-state index contributed by atoms with van der Waals surface area (Å²) >= 11 is 0. The molecule has 1 aromatic carbocycles. The van der Waals surface area contributed by atoms with Crippen molar-refractivity contribution in [3.05, 3.63) is 28.7 Å². The lowest BCUT2D eigenvalue weighted by Gasteiger charge is -2.03. The molecule has 6 nitrogen and oxygen atoms in total. The Kier molecular flexibility index (Phi) is 3.39. The van der Waals surface area contributed by atoms with Crippen molar-refractivity contribution >= 4 is 27.2 Å². The van der Waals surface area contributed by atoms with Crippen LogP contribution in [0.4, 0.5) is 0 Å². The minimum absolute atomic E-state index is 0.0326. The fourth-order valence-electron chi connectivity index (χ4n) is 2.13. The van der Waals surface area contributed by atoms with E-state index < -0.39 is 26.5 Å². The maximum absolute atomic E-state index is 12.3. The summed E-state index contributed by atoms with van der Waals surface area (Å²) < 4.78 is 29.1. The number of hydrogen-bond donors (Lipinski definition) is 1. The molecule has 20 heavy (non-hydrogen) atoms. The predicted octanol–water partition coefficient (Wildman–Crippen LogP) is 1.04. The molecule has 2 rings (SSSR count). The molecule has 7 heteroatoms. The summed E-state index contributed by atoms with van der Waals surface area (Å²) in [7, 11) is -4.11. The molecule has 0 atom stereocenters. The monoisotopic (exact) mass is 296 g/mol. The zero-order valence-electron chi connectivity index (χ0n) is 10.8. The molecule has 0 unspecified atom stereocenters. The van der Waals surface area contributed by atoms with Crippen molar-refractivity contribution in [2.24, 2.45) is 0 Å². The first-order valence-corrected chi connectivity index (χ1v) is 7.30. The maximum atomic E-state index is 12.3. The van der Waals surface area contributed by atoms with E-state index in [-0.39, 0.29) is 28.4 Å². The first-order chi connectivity index (χ1) is 9.32. The van der Waals surface area contributed by atoms with Gasteiger partial charge in [0.15, 0.2) is 0 Å². The SMILES string of the molecule is CCOC(=O)C(=O)C1=C(C)c2c(O)cccc2S1(=O)=O. The van der Waals surface area contributed by atoms with Gasteiger partial charge in [-0.25, -0.2) is 13.2 Å². The van der Waals surface area contributed by atoms with Crippen LogP contribution in [-0.2, 0) is 24.2 Å². The van der Waals surface area contributed by atoms with Gasteiger partial charge in [0.05, 0.1) is 11.5 Å². The second-order valence-corrected chi connectivity index (χ2v) is 6.01. The molecule has 1 aliphatic rings. The number of allylic oxidation sites excluding steroid dienone is 1. The van der Waals surface area contributed by atoms with Crippen LogP contribution in [0, 0.1) is 0 Å². The number of ketones is 1. The summed E-state index contributed by atoms with van der Waals surface area (Å²) in [5.41, 5.74) is 0.108. The Morgan fingerprint density at radius 1 is 1.30 bits per heavy atom. The highest BCUT2D eigenvalue weighted by Crippen LogP contribution is 2.43. The Labute approximate surface area is 115 Å². The van der Waals surface area contributed by atoms with E-state index in [2.05, 4.69) is 4.74 Å². The number of phenolic OH excluding ortho intramolecular Hbond substituents is 1. The molecule has 0 spiro atoms. The molecule has 0 amide bonds. The highest BCUT2D eigenvalue weighted by molar-refractivity contribution is 7.97. The number of Topliss-reactive ketones (excluding diaryl/α,β-unsaturated/α-hetero) is 1. The van der Waals surface area contributed by atoms with Gasteiger partial charge in [0.25, 0.3) is 5.78 Å². The van der Waals surface area contributed by atoms with Gasteiger partial charge in [0.2, 0.25) is 9.84 Å². The Bertz CT molecular complexity index is 742. The molecular weight excluding hydrogens is 284 g/mol. The summed E-state index contributed by atoms with van der Waals surface area (Å²) in [4.78, 5) is 22.6. The molecule has 1 aromatic rings. The smallest absolute Gasteiger partial charge is 0.380 e. The number of rotatable bonds is 3. The molecule has 0 saturated carbocycles. The van der Waals surface area contributed by atoms with Crippen LogP contribution >= 0.6 is 0 Å². The van der Waals surface area contributed by atoms with Crippen molar-refractivity contribution in [2.75, 3.05) is 6.61 Å². The van der Waals surface area contributed by atoms with Crippen molar-refractivity contribution in [1.82, 2.24) is 0 Å². The highest BCUT2D eigenvalue weighted by atomic mass is 32.2. The zero-order valence-corrected chi connectivity index (χ0v) is 11.7. The average molecular weight is 296 g/mol. The number of carbonyl (C=O) groups is 2. The summed E-state index contributed by atoms with van der Waals surface area (Å²) in [6, 6.07) is 3.95. The molecule has 0 saturated heterocycles. The van der Waals surface area contributed by atoms with Crippen molar-refractivity contribution in [1.29, 1.82) is 0 Å². The summed E-state index contributed by atoms with van der Waals surface area (Å²) in [5.74, 6) is -2.70. The molecule has 0 aliphatic carbocycles. The molecule has 0 radical (unpaired) electrons. The molecule has 0 bridgehead atoms. The average Bonchev–Trinajstić information content (AvgIpc) is 2.58. The first kappa shape index (κ1) is 14.3. The normalized spacial score (nSPS) is 15.9. The number of esters is 1. The van der Waals surface area contributed by atoms with Crippen molar-refractivity contribution < 1.29 is 27.9 Å². The molecule has 1 aliphatic heterocycles. The number of hydrogen-bond acceptors (Lipinski definition) is 6.